The van der Waals surface area contributed by atoms with Crippen LogP contribution in [-0.4, -0.2) is 25.5 Å². The van der Waals surface area contributed by atoms with Crippen LogP contribution in [0.2, 0.25) is 0 Å². The number of nitrogens with two attached hydrogens (primary N) is 1. The standard InChI is InChI=1S/C20H18N6O/c1-13-10-15-8-5-9-16(19(21)27)26(15)18(13)20-24-17(12-23-25-20)22-11-14-6-3-2-4-7-14/h2-10,12H,11H2,1H3,(H2,21,27)(H,22,24,25). The molecule has 0 aliphatic carbocycles. The Morgan fingerprint density at radius 3 is 2.74 bits per heavy atom. The zero-order chi connectivity index (χ0) is 18.8. The maximum Gasteiger partial charge on any atom is 0.265 e. The van der Waals surface area contributed by atoms with E-state index in [4.69, 9.17) is 5.73 Å². The van der Waals surface area contributed by atoms with Crippen molar-refractivity contribution >= 4 is 17.2 Å². The van der Waals surface area contributed by atoms with E-state index >= 15 is 0 Å². The van der Waals surface area contributed by atoms with Gasteiger partial charge in [0.1, 0.15) is 11.5 Å². The molecule has 0 unspecified atom stereocenters. The molecule has 134 valence electrons. The number of benzene rings is 1. The van der Waals surface area contributed by atoms with Gasteiger partial charge in [0.2, 0.25) is 5.82 Å². The lowest BCUT2D eigenvalue weighted by molar-refractivity contribution is 0.0994. The van der Waals surface area contributed by atoms with Crippen LogP contribution in [0.3, 0.4) is 0 Å². The highest BCUT2D eigenvalue weighted by Gasteiger charge is 2.17. The van der Waals surface area contributed by atoms with E-state index in [2.05, 4.69) is 20.5 Å². The van der Waals surface area contributed by atoms with Gasteiger partial charge >= 0.3 is 0 Å². The second kappa shape index (κ2) is 6.87. The van der Waals surface area contributed by atoms with E-state index in [-0.39, 0.29) is 0 Å². The van der Waals surface area contributed by atoms with Crippen molar-refractivity contribution in [1.29, 1.82) is 0 Å². The van der Waals surface area contributed by atoms with Crippen molar-refractivity contribution in [2.75, 3.05) is 5.32 Å². The molecule has 7 heteroatoms. The first-order valence-electron chi connectivity index (χ1n) is 8.52. The van der Waals surface area contributed by atoms with Gasteiger partial charge in [0, 0.05) is 12.1 Å². The number of nitrogens with zero attached hydrogens (tertiary/aromatic N) is 4. The maximum absolute atomic E-state index is 11.9. The minimum Gasteiger partial charge on any atom is -0.365 e. The highest BCUT2D eigenvalue weighted by Crippen LogP contribution is 2.26. The van der Waals surface area contributed by atoms with Gasteiger partial charge in [-0.05, 0) is 36.2 Å². The monoisotopic (exact) mass is 358 g/mol. The maximum atomic E-state index is 11.9. The third-order valence-electron chi connectivity index (χ3n) is 4.32. The molecule has 0 spiro atoms. The van der Waals surface area contributed by atoms with Gasteiger partial charge in [0.15, 0.2) is 0 Å². The van der Waals surface area contributed by atoms with Gasteiger partial charge in [-0.3, -0.25) is 4.79 Å². The highest BCUT2D eigenvalue weighted by molar-refractivity contribution is 5.93. The smallest absolute Gasteiger partial charge is 0.265 e. The average molecular weight is 358 g/mol. The molecular weight excluding hydrogens is 340 g/mol. The zero-order valence-electron chi connectivity index (χ0n) is 14.8. The minimum atomic E-state index is -0.510. The molecule has 3 aromatic heterocycles. The first-order chi connectivity index (χ1) is 13.1. The summed E-state index contributed by atoms with van der Waals surface area (Å²) in [5.74, 6) is 0.526. The number of hydrogen-bond donors (Lipinski definition) is 2. The third-order valence-corrected chi connectivity index (χ3v) is 4.32. The van der Waals surface area contributed by atoms with E-state index < -0.39 is 5.91 Å². The number of nitrogens with one attached hydrogen (secondary N) is 1. The van der Waals surface area contributed by atoms with Crippen molar-refractivity contribution in [1.82, 2.24) is 19.6 Å². The molecule has 1 amide bonds. The van der Waals surface area contributed by atoms with Crippen molar-refractivity contribution in [2.45, 2.75) is 13.5 Å². The van der Waals surface area contributed by atoms with E-state index in [1.165, 1.54) is 0 Å². The van der Waals surface area contributed by atoms with Gasteiger partial charge in [-0.15, -0.1) is 5.10 Å². The summed E-state index contributed by atoms with van der Waals surface area (Å²) in [5, 5.41) is 11.5. The molecular formula is C20H18N6O. The average Bonchev–Trinajstić information content (AvgIpc) is 3.03. The number of amides is 1. The van der Waals surface area contributed by atoms with E-state index in [0.29, 0.717) is 29.6 Å². The Labute approximate surface area is 155 Å². The van der Waals surface area contributed by atoms with Crippen molar-refractivity contribution in [3.63, 3.8) is 0 Å². The van der Waals surface area contributed by atoms with E-state index in [0.717, 1.165) is 16.6 Å². The highest BCUT2D eigenvalue weighted by atomic mass is 16.1. The quantitative estimate of drug-likeness (QED) is 0.572. The van der Waals surface area contributed by atoms with Gasteiger partial charge in [0.05, 0.1) is 11.9 Å². The number of primary amides is 1. The fourth-order valence-electron chi connectivity index (χ4n) is 3.10. The molecule has 3 N–H and O–H groups in total. The topological polar surface area (TPSA) is 98.2 Å². The molecule has 0 bridgehead atoms. The van der Waals surface area contributed by atoms with Crippen LogP contribution in [0, 0.1) is 6.92 Å². The Kier molecular flexibility index (Phi) is 4.25. The fraction of sp³-hybridized carbons (Fsp3) is 0.100. The van der Waals surface area contributed by atoms with Crippen molar-refractivity contribution in [3.05, 3.63) is 77.6 Å². The van der Waals surface area contributed by atoms with E-state index in [1.54, 1.807) is 22.7 Å². The summed E-state index contributed by atoms with van der Waals surface area (Å²) in [7, 11) is 0. The Morgan fingerprint density at radius 2 is 1.96 bits per heavy atom. The molecule has 3 heterocycles. The number of pyridine rings is 1. The molecule has 0 radical (unpaired) electrons. The van der Waals surface area contributed by atoms with Crippen LogP contribution in [0.4, 0.5) is 5.82 Å². The molecule has 4 aromatic rings. The van der Waals surface area contributed by atoms with E-state index in [1.807, 2.05) is 49.4 Å². The molecule has 0 atom stereocenters. The summed E-state index contributed by atoms with van der Waals surface area (Å²) >= 11 is 0. The molecule has 0 fully saturated rings. The Balaban J connectivity index is 1.74. The van der Waals surface area contributed by atoms with Crippen LogP contribution in [0.15, 0.2) is 60.8 Å². The van der Waals surface area contributed by atoms with Crippen LogP contribution in [0.5, 0.6) is 0 Å². The van der Waals surface area contributed by atoms with Crippen LogP contribution >= 0.6 is 0 Å². The Morgan fingerprint density at radius 1 is 1.15 bits per heavy atom. The van der Waals surface area contributed by atoms with Gasteiger partial charge in [0.25, 0.3) is 5.91 Å². The normalized spacial score (nSPS) is 10.9. The van der Waals surface area contributed by atoms with Crippen LogP contribution < -0.4 is 11.1 Å². The number of aryl methyl sites for hydroxylation is 1. The summed E-state index contributed by atoms with van der Waals surface area (Å²) < 4.78 is 1.77. The van der Waals surface area contributed by atoms with Crippen LogP contribution in [0.1, 0.15) is 21.6 Å². The lowest BCUT2D eigenvalue weighted by atomic mass is 10.2. The molecule has 0 saturated carbocycles. The fourth-order valence-corrected chi connectivity index (χ4v) is 3.10. The number of fused-ring (bicyclic) bond motifs is 1. The van der Waals surface area contributed by atoms with Gasteiger partial charge < -0.3 is 15.5 Å². The largest absolute Gasteiger partial charge is 0.365 e. The number of aromatic nitrogens is 4. The van der Waals surface area contributed by atoms with Gasteiger partial charge in [-0.1, -0.05) is 36.4 Å². The lowest BCUT2D eigenvalue weighted by Crippen LogP contribution is -2.16. The molecule has 7 nitrogen and oxygen atoms in total. The first kappa shape index (κ1) is 16.7. The predicted molar refractivity (Wildman–Crippen MR) is 103 cm³/mol. The molecule has 1 aromatic carbocycles. The summed E-state index contributed by atoms with van der Waals surface area (Å²) in [5.41, 5.74) is 9.55. The van der Waals surface area contributed by atoms with Crippen LogP contribution in [0.25, 0.3) is 17.0 Å². The number of hydrogen-bond acceptors (Lipinski definition) is 5. The van der Waals surface area contributed by atoms with Crippen LogP contribution in [-0.2, 0) is 6.54 Å². The number of carbonyl (C=O) groups is 1. The molecule has 0 aliphatic rings. The molecule has 27 heavy (non-hydrogen) atoms. The summed E-state index contributed by atoms with van der Waals surface area (Å²) in [4.78, 5) is 16.5. The minimum absolute atomic E-state index is 0.377. The number of rotatable bonds is 5. The lowest BCUT2D eigenvalue weighted by Gasteiger charge is -2.09. The molecule has 0 aliphatic heterocycles. The second-order valence-corrected chi connectivity index (χ2v) is 6.22. The number of anilines is 1. The SMILES string of the molecule is Cc1cc2cccc(C(N)=O)n2c1-c1nncc(NCc2ccccc2)n1. The second-order valence-electron chi connectivity index (χ2n) is 6.22. The summed E-state index contributed by atoms with van der Waals surface area (Å²) in [6.45, 7) is 2.57. The van der Waals surface area contributed by atoms with Crippen molar-refractivity contribution in [3.8, 4) is 11.5 Å². The predicted octanol–water partition coefficient (Wildman–Crippen LogP) is 2.81. The van der Waals surface area contributed by atoms with Crippen molar-refractivity contribution in [2.24, 2.45) is 5.73 Å². The summed E-state index contributed by atoms with van der Waals surface area (Å²) in [6.07, 6.45) is 1.58. The molecule has 0 saturated heterocycles. The first-order valence-corrected chi connectivity index (χ1v) is 8.52. The zero-order valence-corrected chi connectivity index (χ0v) is 14.8. The van der Waals surface area contributed by atoms with Gasteiger partial charge in [-0.2, -0.15) is 5.10 Å². The van der Waals surface area contributed by atoms with Crippen molar-refractivity contribution < 1.29 is 4.79 Å². The number of carbonyl (C=O) groups excluding carboxylic acids is 1. The Hall–Kier alpha value is -3.74. The summed E-state index contributed by atoms with van der Waals surface area (Å²) in [6, 6.07) is 17.4. The van der Waals surface area contributed by atoms with Gasteiger partial charge in [-0.25, -0.2) is 4.98 Å². The van der Waals surface area contributed by atoms with E-state index in [9.17, 15) is 4.79 Å². The Bertz CT molecular complexity index is 1120. The third kappa shape index (κ3) is 3.22. The molecule has 4 rings (SSSR count).